The summed E-state index contributed by atoms with van der Waals surface area (Å²) in [5.41, 5.74) is -0.826. The minimum absolute atomic E-state index is 0.109. The predicted molar refractivity (Wildman–Crippen MR) is 98.2 cm³/mol. The Labute approximate surface area is 165 Å². The lowest BCUT2D eigenvalue weighted by atomic mass is 10.1. The second-order valence-corrected chi connectivity index (χ2v) is 8.60. The van der Waals surface area contributed by atoms with Gasteiger partial charge >= 0.3 is 16.3 Å². The number of nitrogens with one attached hydrogen (secondary N) is 1. The molecule has 2 aromatic carbocycles. The predicted octanol–water partition coefficient (Wildman–Crippen LogP) is 4.01. The second kappa shape index (κ2) is 8.29. The van der Waals surface area contributed by atoms with Gasteiger partial charge in [-0.1, -0.05) is 12.1 Å². The van der Waals surface area contributed by atoms with Crippen LogP contribution in [-0.4, -0.2) is 29.5 Å². The molecule has 1 amide bonds. The van der Waals surface area contributed by atoms with E-state index in [4.69, 9.17) is 4.74 Å². The van der Waals surface area contributed by atoms with Crippen LogP contribution < -0.4 is 9.46 Å². The lowest BCUT2D eigenvalue weighted by molar-refractivity contribution is 0.145. The van der Waals surface area contributed by atoms with E-state index in [2.05, 4.69) is 4.72 Å². The molecule has 0 aliphatic heterocycles. The SMILES string of the molecule is CC(C)(C)N(C(=O)O)S(=O)(=O)NCc1cccc(Oc2cc(F)c(F)c(F)c2)c1. The van der Waals surface area contributed by atoms with E-state index in [9.17, 15) is 31.5 Å². The average molecular weight is 432 g/mol. The third-order valence-electron chi connectivity index (χ3n) is 3.57. The Balaban J connectivity index is 2.17. The van der Waals surface area contributed by atoms with Crippen molar-refractivity contribution in [3.63, 3.8) is 0 Å². The Morgan fingerprint density at radius 1 is 1.10 bits per heavy atom. The van der Waals surface area contributed by atoms with Gasteiger partial charge in [0.25, 0.3) is 0 Å². The molecule has 0 heterocycles. The summed E-state index contributed by atoms with van der Waals surface area (Å²) in [4.78, 5) is 11.3. The van der Waals surface area contributed by atoms with Gasteiger partial charge in [-0.25, -0.2) is 18.0 Å². The van der Waals surface area contributed by atoms with Crippen molar-refractivity contribution < 1.29 is 36.2 Å². The first kappa shape index (κ1) is 22.5. The quantitative estimate of drug-likeness (QED) is 0.673. The molecule has 11 heteroatoms. The van der Waals surface area contributed by atoms with Crippen LogP contribution in [0.1, 0.15) is 26.3 Å². The molecule has 0 fully saturated rings. The minimum Gasteiger partial charge on any atom is -0.464 e. The molecule has 0 bridgehead atoms. The highest BCUT2D eigenvalue weighted by Gasteiger charge is 2.36. The van der Waals surface area contributed by atoms with Crippen molar-refractivity contribution >= 4 is 16.3 Å². The van der Waals surface area contributed by atoms with Gasteiger partial charge in [0.05, 0.1) is 5.54 Å². The van der Waals surface area contributed by atoms with Gasteiger partial charge in [0, 0.05) is 18.7 Å². The Morgan fingerprint density at radius 3 is 2.21 bits per heavy atom. The van der Waals surface area contributed by atoms with Crippen molar-refractivity contribution in [2.45, 2.75) is 32.9 Å². The molecule has 0 atom stereocenters. The fourth-order valence-corrected chi connectivity index (χ4v) is 3.84. The van der Waals surface area contributed by atoms with Gasteiger partial charge in [-0.3, -0.25) is 0 Å². The fraction of sp³-hybridized carbons (Fsp3) is 0.278. The van der Waals surface area contributed by atoms with Crippen LogP contribution >= 0.6 is 0 Å². The lowest BCUT2D eigenvalue weighted by Gasteiger charge is -2.31. The Bertz CT molecular complexity index is 999. The molecule has 0 radical (unpaired) electrons. The Hall–Kier alpha value is -2.79. The molecule has 2 aromatic rings. The summed E-state index contributed by atoms with van der Waals surface area (Å²) in [6.45, 7) is 4.01. The van der Waals surface area contributed by atoms with Gasteiger partial charge < -0.3 is 9.84 Å². The number of carbonyl (C=O) groups is 1. The molecule has 2 rings (SSSR count). The van der Waals surface area contributed by atoms with Crippen LogP contribution in [0.25, 0.3) is 0 Å². The zero-order chi connectivity index (χ0) is 22.0. The molecular formula is C18H19F3N2O5S. The smallest absolute Gasteiger partial charge is 0.422 e. The summed E-state index contributed by atoms with van der Waals surface area (Å²) in [6, 6.07) is 7.18. The molecule has 2 N–H and O–H groups in total. The van der Waals surface area contributed by atoms with Gasteiger partial charge in [-0.05, 0) is 38.5 Å². The number of nitrogens with zero attached hydrogens (tertiary/aromatic N) is 1. The molecule has 29 heavy (non-hydrogen) atoms. The maximum Gasteiger partial charge on any atom is 0.422 e. The number of carboxylic acid groups (broad SMARTS) is 1. The molecule has 158 valence electrons. The van der Waals surface area contributed by atoms with E-state index in [0.717, 1.165) is 0 Å². The average Bonchev–Trinajstić information content (AvgIpc) is 2.56. The molecule has 0 unspecified atom stereocenters. The first-order chi connectivity index (χ1) is 13.3. The maximum absolute atomic E-state index is 13.3. The van der Waals surface area contributed by atoms with Crippen molar-refractivity contribution in [3.05, 3.63) is 59.4 Å². The van der Waals surface area contributed by atoms with E-state index in [-0.39, 0.29) is 18.0 Å². The van der Waals surface area contributed by atoms with Crippen molar-refractivity contribution in [2.24, 2.45) is 0 Å². The Kier molecular flexibility index (Phi) is 6.43. The molecule has 0 spiro atoms. The monoisotopic (exact) mass is 432 g/mol. The number of halogens is 3. The zero-order valence-corrected chi connectivity index (χ0v) is 16.6. The van der Waals surface area contributed by atoms with Crippen LogP contribution in [-0.2, 0) is 16.8 Å². The fourth-order valence-electron chi connectivity index (χ4n) is 2.44. The minimum atomic E-state index is -4.36. The van der Waals surface area contributed by atoms with Crippen LogP contribution in [0.15, 0.2) is 36.4 Å². The molecule has 0 saturated carbocycles. The molecule has 0 aromatic heterocycles. The van der Waals surface area contributed by atoms with E-state index in [1.807, 2.05) is 0 Å². The molecule has 0 saturated heterocycles. The van der Waals surface area contributed by atoms with E-state index in [1.54, 1.807) is 0 Å². The first-order valence-electron chi connectivity index (χ1n) is 8.25. The van der Waals surface area contributed by atoms with Gasteiger partial charge in [0.15, 0.2) is 17.5 Å². The van der Waals surface area contributed by atoms with E-state index in [0.29, 0.717) is 22.0 Å². The number of amides is 1. The Morgan fingerprint density at radius 2 is 1.69 bits per heavy atom. The highest BCUT2D eigenvalue weighted by molar-refractivity contribution is 7.87. The molecular weight excluding hydrogens is 413 g/mol. The van der Waals surface area contributed by atoms with Gasteiger partial charge in [0.1, 0.15) is 11.5 Å². The first-order valence-corrected chi connectivity index (χ1v) is 9.69. The van der Waals surface area contributed by atoms with Crippen LogP contribution in [0.3, 0.4) is 0 Å². The van der Waals surface area contributed by atoms with Gasteiger partial charge in [-0.2, -0.15) is 17.4 Å². The van der Waals surface area contributed by atoms with Crippen LogP contribution in [0.2, 0.25) is 0 Å². The molecule has 7 nitrogen and oxygen atoms in total. The summed E-state index contributed by atoms with van der Waals surface area (Å²) < 4.78 is 72.1. The van der Waals surface area contributed by atoms with Crippen molar-refractivity contribution in [2.75, 3.05) is 0 Å². The second-order valence-electron chi connectivity index (χ2n) is 6.99. The summed E-state index contributed by atoms with van der Waals surface area (Å²) >= 11 is 0. The highest BCUT2D eigenvalue weighted by atomic mass is 32.2. The van der Waals surface area contributed by atoms with Crippen LogP contribution in [0, 0.1) is 17.5 Å². The third-order valence-corrected chi connectivity index (χ3v) is 5.27. The lowest BCUT2D eigenvalue weighted by Crippen LogP contribution is -2.53. The van der Waals surface area contributed by atoms with Gasteiger partial charge in [0.2, 0.25) is 0 Å². The summed E-state index contributed by atoms with van der Waals surface area (Å²) in [6.07, 6.45) is -1.64. The largest absolute Gasteiger partial charge is 0.464 e. The molecule has 0 aliphatic carbocycles. The third kappa shape index (κ3) is 5.61. The van der Waals surface area contributed by atoms with E-state index >= 15 is 0 Å². The number of rotatable bonds is 6. The van der Waals surface area contributed by atoms with E-state index < -0.39 is 39.3 Å². The molecule has 0 aliphatic rings. The number of hydrogen-bond donors (Lipinski definition) is 2. The van der Waals surface area contributed by atoms with Crippen molar-refractivity contribution in [3.8, 4) is 11.5 Å². The number of ether oxygens (including phenoxy) is 1. The standard InChI is InChI=1S/C18H19F3N2O5S/c1-18(2,3)23(17(24)25)29(26,27)22-10-11-5-4-6-12(7-11)28-13-8-14(19)16(21)15(20)9-13/h4-9,22H,10H2,1-3H3,(H,24,25). The normalized spacial score (nSPS) is 11.9. The number of benzene rings is 2. The maximum atomic E-state index is 13.3. The van der Waals surface area contributed by atoms with Gasteiger partial charge in [-0.15, -0.1) is 0 Å². The summed E-state index contributed by atoms with van der Waals surface area (Å²) in [5.74, 6) is -4.64. The van der Waals surface area contributed by atoms with Crippen molar-refractivity contribution in [1.29, 1.82) is 0 Å². The van der Waals surface area contributed by atoms with Crippen molar-refractivity contribution in [1.82, 2.24) is 9.03 Å². The highest BCUT2D eigenvalue weighted by Crippen LogP contribution is 2.26. The number of hydrogen-bond acceptors (Lipinski definition) is 4. The van der Waals surface area contributed by atoms with Crippen LogP contribution in [0.5, 0.6) is 11.5 Å². The van der Waals surface area contributed by atoms with Crippen LogP contribution in [0.4, 0.5) is 18.0 Å². The summed E-state index contributed by atoms with van der Waals surface area (Å²) in [7, 11) is -4.36. The summed E-state index contributed by atoms with van der Waals surface area (Å²) in [5, 5.41) is 9.21. The van der Waals surface area contributed by atoms with E-state index in [1.165, 1.54) is 45.0 Å². The topological polar surface area (TPSA) is 95.9 Å². The zero-order valence-electron chi connectivity index (χ0n) is 15.7.